The lowest BCUT2D eigenvalue weighted by atomic mass is 9.97. The summed E-state index contributed by atoms with van der Waals surface area (Å²) in [6.45, 7) is 10.2. The molecule has 0 spiro atoms. The molecule has 2 aromatic rings. The summed E-state index contributed by atoms with van der Waals surface area (Å²) in [6.07, 6.45) is 4.63. The van der Waals surface area contributed by atoms with Gasteiger partial charge in [0.2, 0.25) is 0 Å². The highest BCUT2D eigenvalue weighted by atomic mass is 32.1. The molecule has 1 atom stereocenters. The summed E-state index contributed by atoms with van der Waals surface area (Å²) in [7, 11) is 0. The van der Waals surface area contributed by atoms with Crippen molar-refractivity contribution in [1.82, 2.24) is 9.88 Å². The van der Waals surface area contributed by atoms with Crippen LogP contribution in [0.5, 0.6) is 0 Å². The van der Waals surface area contributed by atoms with Crippen molar-refractivity contribution in [2.75, 3.05) is 37.7 Å². The lowest BCUT2D eigenvalue weighted by molar-refractivity contribution is 0.122. The van der Waals surface area contributed by atoms with Gasteiger partial charge >= 0.3 is 0 Å². The molecule has 0 N–H and O–H groups in total. The zero-order valence-electron chi connectivity index (χ0n) is 15.2. The molecule has 0 aliphatic carbocycles. The molecule has 1 aromatic heterocycles. The van der Waals surface area contributed by atoms with Crippen molar-refractivity contribution in [3.05, 3.63) is 46.0 Å². The van der Waals surface area contributed by atoms with Crippen LogP contribution in [0.4, 0.5) is 5.13 Å². The Morgan fingerprint density at radius 2 is 2.04 bits per heavy atom. The Morgan fingerprint density at radius 1 is 1.20 bits per heavy atom. The fourth-order valence-electron chi connectivity index (χ4n) is 3.96. The van der Waals surface area contributed by atoms with Crippen molar-refractivity contribution >= 4 is 16.5 Å². The smallest absolute Gasteiger partial charge is 0.185 e. The third-order valence-electron chi connectivity index (χ3n) is 5.34. The van der Waals surface area contributed by atoms with Gasteiger partial charge in [-0.2, -0.15) is 0 Å². The second-order valence-corrected chi connectivity index (χ2v) is 8.29. The van der Waals surface area contributed by atoms with Crippen LogP contribution in [0, 0.1) is 13.8 Å². The number of likely N-dealkylation sites (tertiary alicyclic amines) is 1. The van der Waals surface area contributed by atoms with Crippen LogP contribution in [-0.2, 0) is 11.3 Å². The van der Waals surface area contributed by atoms with E-state index in [0.29, 0.717) is 6.04 Å². The van der Waals surface area contributed by atoms with Crippen molar-refractivity contribution in [2.45, 2.75) is 39.3 Å². The highest BCUT2D eigenvalue weighted by molar-refractivity contribution is 7.15. The number of anilines is 1. The standard InChI is InChI=1S/C20H27N3OS/c1-15-5-6-16(2)18(12-15)19-4-3-7-23(19)14-17-13-21-20(25-17)22-8-10-24-11-9-22/h5-6,12-13,19H,3-4,7-11,14H2,1-2H3. The van der Waals surface area contributed by atoms with Crippen molar-refractivity contribution < 1.29 is 4.74 Å². The molecule has 4 rings (SSSR count). The molecule has 5 heteroatoms. The number of aromatic nitrogens is 1. The van der Waals surface area contributed by atoms with E-state index in [1.807, 2.05) is 11.3 Å². The zero-order valence-corrected chi connectivity index (χ0v) is 16.0. The first kappa shape index (κ1) is 17.0. The van der Waals surface area contributed by atoms with Crippen LogP contribution in [0.15, 0.2) is 24.4 Å². The van der Waals surface area contributed by atoms with E-state index in [4.69, 9.17) is 4.74 Å². The number of rotatable bonds is 4. The molecule has 3 heterocycles. The molecule has 134 valence electrons. The lowest BCUT2D eigenvalue weighted by Gasteiger charge is -2.26. The number of ether oxygens (including phenoxy) is 1. The molecule has 2 aliphatic heterocycles. The summed E-state index contributed by atoms with van der Waals surface area (Å²) >= 11 is 1.85. The molecule has 2 aliphatic rings. The number of morpholine rings is 1. The van der Waals surface area contributed by atoms with E-state index in [2.05, 4.69) is 53.0 Å². The summed E-state index contributed by atoms with van der Waals surface area (Å²) in [5.74, 6) is 0. The minimum absolute atomic E-state index is 0.550. The number of aryl methyl sites for hydroxylation is 2. The molecule has 0 amide bonds. The zero-order chi connectivity index (χ0) is 17.2. The van der Waals surface area contributed by atoms with Crippen molar-refractivity contribution in [2.24, 2.45) is 0 Å². The maximum absolute atomic E-state index is 5.45. The fourth-order valence-corrected chi connectivity index (χ4v) is 4.95. The number of thiazole rings is 1. The van der Waals surface area contributed by atoms with E-state index in [0.717, 1.165) is 38.0 Å². The number of nitrogens with zero attached hydrogens (tertiary/aromatic N) is 3. The minimum Gasteiger partial charge on any atom is -0.378 e. The molecule has 1 aromatic carbocycles. The normalized spacial score (nSPS) is 21.8. The summed E-state index contributed by atoms with van der Waals surface area (Å²) in [4.78, 5) is 11.0. The van der Waals surface area contributed by atoms with Gasteiger partial charge < -0.3 is 9.64 Å². The SMILES string of the molecule is Cc1ccc(C)c(C2CCCN2Cc2cnc(N3CCOCC3)s2)c1. The van der Waals surface area contributed by atoms with Gasteiger partial charge in [-0.25, -0.2) is 4.98 Å². The number of benzene rings is 1. The molecule has 0 radical (unpaired) electrons. The highest BCUT2D eigenvalue weighted by Crippen LogP contribution is 2.36. The first-order valence-electron chi connectivity index (χ1n) is 9.29. The van der Waals surface area contributed by atoms with Crippen LogP contribution in [0.2, 0.25) is 0 Å². The third kappa shape index (κ3) is 3.73. The molecular formula is C20H27N3OS. The third-order valence-corrected chi connectivity index (χ3v) is 6.38. The first-order chi connectivity index (χ1) is 12.2. The van der Waals surface area contributed by atoms with Crippen LogP contribution in [-0.4, -0.2) is 42.7 Å². The summed E-state index contributed by atoms with van der Waals surface area (Å²) in [5.41, 5.74) is 4.29. The number of hydrogen-bond donors (Lipinski definition) is 0. The average molecular weight is 358 g/mol. The Hall–Kier alpha value is -1.43. The van der Waals surface area contributed by atoms with Gasteiger partial charge in [-0.05, 0) is 44.4 Å². The Labute approximate surface area is 154 Å². The monoisotopic (exact) mass is 357 g/mol. The van der Waals surface area contributed by atoms with Gasteiger partial charge in [0.25, 0.3) is 0 Å². The Balaban J connectivity index is 1.48. The number of hydrogen-bond acceptors (Lipinski definition) is 5. The Bertz CT molecular complexity index is 723. The molecule has 0 bridgehead atoms. The first-order valence-corrected chi connectivity index (χ1v) is 10.1. The van der Waals surface area contributed by atoms with Crippen LogP contribution < -0.4 is 4.90 Å². The fraction of sp³-hybridized carbons (Fsp3) is 0.550. The Morgan fingerprint density at radius 3 is 2.88 bits per heavy atom. The van der Waals surface area contributed by atoms with Gasteiger partial charge in [0, 0.05) is 36.8 Å². The average Bonchev–Trinajstić information content (AvgIpc) is 3.28. The van der Waals surface area contributed by atoms with Gasteiger partial charge in [-0.3, -0.25) is 4.90 Å². The van der Waals surface area contributed by atoms with Crippen LogP contribution >= 0.6 is 11.3 Å². The predicted molar refractivity (Wildman–Crippen MR) is 103 cm³/mol. The molecule has 25 heavy (non-hydrogen) atoms. The van der Waals surface area contributed by atoms with Gasteiger partial charge in [0.1, 0.15) is 0 Å². The summed E-state index contributed by atoms with van der Waals surface area (Å²) in [6, 6.07) is 7.42. The quantitative estimate of drug-likeness (QED) is 0.829. The van der Waals surface area contributed by atoms with E-state index >= 15 is 0 Å². The van der Waals surface area contributed by atoms with E-state index < -0.39 is 0 Å². The largest absolute Gasteiger partial charge is 0.378 e. The summed E-state index contributed by atoms with van der Waals surface area (Å²) < 4.78 is 5.45. The second kappa shape index (κ2) is 7.44. The van der Waals surface area contributed by atoms with Crippen molar-refractivity contribution in [3.63, 3.8) is 0 Å². The van der Waals surface area contributed by atoms with Gasteiger partial charge in [-0.15, -0.1) is 11.3 Å². The topological polar surface area (TPSA) is 28.6 Å². The molecule has 0 saturated carbocycles. The lowest BCUT2D eigenvalue weighted by Crippen LogP contribution is -2.36. The van der Waals surface area contributed by atoms with Crippen LogP contribution in [0.1, 0.15) is 40.5 Å². The van der Waals surface area contributed by atoms with Crippen LogP contribution in [0.25, 0.3) is 0 Å². The maximum Gasteiger partial charge on any atom is 0.185 e. The Kier molecular flexibility index (Phi) is 5.06. The summed E-state index contributed by atoms with van der Waals surface area (Å²) in [5, 5.41) is 1.15. The highest BCUT2D eigenvalue weighted by Gasteiger charge is 2.28. The molecule has 2 saturated heterocycles. The van der Waals surface area contributed by atoms with Crippen molar-refractivity contribution in [1.29, 1.82) is 0 Å². The van der Waals surface area contributed by atoms with Gasteiger partial charge in [-0.1, -0.05) is 23.8 Å². The van der Waals surface area contributed by atoms with E-state index in [1.54, 1.807) is 0 Å². The maximum atomic E-state index is 5.45. The minimum atomic E-state index is 0.550. The van der Waals surface area contributed by atoms with Crippen molar-refractivity contribution in [3.8, 4) is 0 Å². The van der Waals surface area contributed by atoms with Crippen LogP contribution in [0.3, 0.4) is 0 Å². The molecule has 1 unspecified atom stereocenters. The van der Waals surface area contributed by atoms with E-state index in [-0.39, 0.29) is 0 Å². The molecule has 2 fully saturated rings. The van der Waals surface area contributed by atoms with E-state index in [1.165, 1.54) is 41.0 Å². The predicted octanol–water partition coefficient (Wildman–Crippen LogP) is 3.93. The van der Waals surface area contributed by atoms with Gasteiger partial charge in [0.05, 0.1) is 13.2 Å². The van der Waals surface area contributed by atoms with Gasteiger partial charge in [0.15, 0.2) is 5.13 Å². The van der Waals surface area contributed by atoms with E-state index in [9.17, 15) is 0 Å². The molecular weight excluding hydrogens is 330 g/mol. The second-order valence-electron chi connectivity index (χ2n) is 7.20. The molecule has 4 nitrogen and oxygen atoms in total.